The molecule has 1 saturated heterocycles. The predicted molar refractivity (Wildman–Crippen MR) is 68.8 cm³/mol. The van der Waals surface area contributed by atoms with Gasteiger partial charge in [0.25, 0.3) is 0 Å². The fraction of sp³-hybridized carbons (Fsp3) is 0.692. The molecule has 0 bridgehead atoms. The Morgan fingerprint density at radius 1 is 1.31 bits per heavy atom. The first kappa shape index (κ1) is 10.8. The molecule has 2 nitrogen and oxygen atoms in total. The van der Waals surface area contributed by atoms with Crippen LogP contribution in [0.1, 0.15) is 30.9 Å². The van der Waals surface area contributed by atoms with E-state index in [1.807, 2.05) is 11.3 Å². The van der Waals surface area contributed by atoms with Gasteiger partial charge in [-0.1, -0.05) is 6.42 Å². The second-order valence-electron chi connectivity index (χ2n) is 4.98. The fourth-order valence-electron chi connectivity index (χ4n) is 2.94. The molecule has 88 valence electrons. The average Bonchev–Trinajstić information content (AvgIpc) is 2.77. The molecule has 0 amide bonds. The van der Waals surface area contributed by atoms with Crippen molar-refractivity contribution in [2.75, 3.05) is 26.2 Å². The van der Waals surface area contributed by atoms with Crippen molar-refractivity contribution in [3.8, 4) is 0 Å². The van der Waals surface area contributed by atoms with E-state index in [-0.39, 0.29) is 0 Å². The number of rotatable bonds is 3. The van der Waals surface area contributed by atoms with Gasteiger partial charge in [-0.15, -0.1) is 0 Å². The van der Waals surface area contributed by atoms with Gasteiger partial charge in [0.15, 0.2) is 0 Å². The summed E-state index contributed by atoms with van der Waals surface area (Å²) in [5.74, 6) is 0.924. The average molecular weight is 236 g/mol. The van der Waals surface area contributed by atoms with Gasteiger partial charge >= 0.3 is 0 Å². The number of nitrogens with one attached hydrogen (secondary N) is 1. The second-order valence-corrected chi connectivity index (χ2v) is 5.76. The Bertz CT molecular complexity index is 313. The van der Waals surface area contributed by atoms with Crippen LogP contribution >= 0.6 is 11.3 Å². The lowest BCUT2D eigenvalue weighted by molar-refractivity contribution is 0.0840. The summed E-state index contributed by atoms with van der Waals surface area (Å²) in [6.07, 6.45) is 4.31. The Morgan fingerprint density at radius 2 is 2.12 bits per heavy atom. The normalized spacial score (nSPS) is 25.2. The molecular formula is C13H20N2S. The molecule has 1 aliphatic carbocycles. The van der Waals surface area contributed by atoms with E-state index in [1.165, 1.54) is 32.4 Å². The van der Waals surface area contributed by atoms with Crippen LogP contribution in [0.3, 0.4) is 0 Å². The standard InChI is InChI=1S/C13H20N2S/c1-2-11(3-1)13(12-4-9-16-10-12)15-7-5-14-6-8-15/h4,9-11,13-14H,1-3,5-8H2/t13-/m0/s1. The molecule has 3 rings (SSSR count). The SMILES string of the molecule is c1cc([C@H](C2CCC2)N2CCNCC2)cs1. The van der Waals surface area contributed by atoms with Gasteiger partial charge in [-0.05, 0) is 41.1 Å². The van der Waals surface area contributed by atoms with Crippen LogP contribution < -0.4 is 5.32 Å². The summed E-state index contributed by atoms with van der Waals surface area (Å²) in [6.45, 7) is 4.76. The molecule has 2 aliphatic rings. The fourth-order valence-corrected chi connectivity index (χ4v) is 3.63. The molecule has 0 radical (unpaired) electrons. The largest absolute Gasteiger partial charge is 0.314 e. The zero-order chi connectivity index (χ0) is 10.8. The molecule has 1 aliphatic heterocycles. The second kappa shape index (κ2) is 4.86. The molecule has 1 atom stereocenters. The maximum Gasteiger partial charge on any atom is 0.0385 e. The topological polar surface area (TPSA) is 15.3 Å². The number of hydrogen-bond donors (Lipinski definition) is 1. The number of thiophene rings is 1. The van der Waals surface area contributed by atoms with Gasteiger partial charge in [-0.2, -0.15) is 11.3 Å². The summed E-state index contributed by atoms with van der Waals surface area (Å²) in [6, 6.07) is 3.04. The van der Waals surface area contributed by atoms with E-state index in [0.717, 1.165) is 19.0 Å². The highest BCUT2D eigenvalue weighted by atomic mass is 32.1. The maximum atomic E-state index is 3.45. The molecule has 1 saturated carbocycles. The molecule has 2 fully saturated rings. The van der Waals surface area contributed by atoms with Crippen molar-refractivity contribution in [3.63, 3.8) is 0 Å². The highest BCUT2D eigenvalue weighted by molar-refractivity contribution is 7.07. The van der Waals surface area contributed by atoms with E-state index in [1.54, 1.807) is 5.56 Å². The van der Waals surface area contributed by atoms with Gasteiger partial charge in [0.2, 0.25) is 0 Å². The molecule has 0 unspecified atom stereocenters. The Labute approximate surface area is 102 Å². The van der Waals surface area contributed by atoms with E-state index in [4.69, 9.17) is 0 Å². The first-order valence-electron chi connectivity index (χ1n) is 6.42. The van der Waals surface area contributed by atoms with E-state index >= 15 is 0 Å². The first-order chi connectivity index (χ1) is 7.95. The van der Waals surface area contributed by atoms with Crippen LogP contribution in [0.5, 0.6) is 0 Å². The highest BCUT2D eigenvalue weighted by Gasteiger charge is 2.33. The van der Waals surface area contributed by atoms with Crippen molar-refractivity contribution in [1.29, 1.82) is 0 Å². The molecule has 2 heterocycles. The van der Waals surface area contributed by atoms with Crippen LogP contribution in [0, 0.1) is 5.92 Å². The third-order valence-electron chi connectivity index (χ3n) is 4.03. The van der Waals surface area contributed by atoms with Crippen molar-refractivity contribution in [2.24, 2.45) is 5.92 Å². The Hall–Kier alpha value is -0.380. The van der Waals surface area contributed by atoms with Gasteiger partial charge in [0.1, 0.15) is 0 Å². The van der Waals surface area contributed by atoms with E-state index in [2.05, 4.69) is 27.0 Å². The summed E-state index contributed by atoms with van der Waals surface area (Å²) >= 11 is 1.84. The molecule has 0 spiro atoms. The van der Waals surface area contributed by atoms with Crippen molar-refractivity contribution >= 4 is 11.3 Å². The minimum absolute atomic E-state index is 0.710. The monoisotopic (exact) mass is 236 g/mol. The predicted octanol–water partition coefficient (Wildman–Crippen LogP) is 2.49. The lowest BCUT2D eigenvalue weighted by Gasteiger charge is -2.42. The van der Waals surface area contributed by atoms with Gasteiger partial charge in [-0.25, -0.2) is 0 Å². The van der Waals surface area contributed by atoms with Crippen molar-refractivity contribution in [2.45, 2.75) is 25.3 Å². The molecular weight excluding hydrogens is 216 g/mol. The van der Waals surface area contributed by atoms with E-state index in [9.17, 15) is 0 Å². The molecule has 1 aromatic heterocycles. The third kappa shape index (κ3) is 2.04. The Morgan fingerprint density at radius 3 is 2.69 bits per heavy atom. The van der Waals surface area contributed by atoms with Gasteiger partial charge in [-0.3, -0.25) is 4.90 Å². The molecule has 3 heteroatoms. The Balaban J connectivity index is 1.77. The summed E-state index contributed by atoms with van der Waals surface area (Å²) in [7, 11) is 0. The van der Waals surface area contributed by atoms with Crippen LogP contribution in [0.4, 0.5) is 0 Å². The number of piperazine rings is 1. The summed E-state index contributed by atoms with van der Waals surface area (Å²) in [5.41, 5.74) is 1.57. The maximum absolute atomic E-state index is 3.45. The van der Waals surface area contributed by atoms with E-state index < -0.39 is 0 Å². The molecule has 0 aromatic carbocycles. The summed E-state index contributed by atoms with van der Waals surface area (Å²) in [5, 5.41) is 8.03. The smallest absolute Gasteiger partial charge is 0.0385 e. The highest BCUT2D eigenvalue weighted by Crippen LogP contribution is 2.41. The van der Waals surface area contributed by atoms with Crippen LogP contribution in [-0.4, -0.2) is 31.1 Å². The van der Waals surface area contributed by atoms with Gasteiger partial charge in [0.05, 0.1) is 0 Å². The minimum atomic E-state index is 0.710. The number of hydrogen-bond acceptors (Lipinski definition) is 3. The zero-order valence-electron chi connectivity index (χ0n) is 9.69. The summed E-state index contributed by atoms with van der Waals surface area (Å²) in [4.78, 5) is 2.70. The quantitative estimate of drug-likeness (QED) is 0.867. The van der Waals surface area contributed by atoms with Gasteiger partial charge < -0.3 is 5.32 Å². The van der Waals surface area contributed by atoms with Crippen LogP contribution in [0.15, 0.2) is 16.8 Å². The third-order valence-corrected chi connectivity index (χ3v) is 4.73. The van der Waals surface area contributed by atoms with Crippen LogP contribution in [-0.2, 0) is 0 Å². The first-order valence-corrected chi connectivity index (χ1v) is 7.36. The van der Waals surface area contributed by atoms with Crippen LogP contribution in [0.25, 0.3) is 0 Å². The minimum Gasteiger partial charge on any atom is -0.314 e. The van der Waals surface area contributed by atoms with Crippen molar-refractivity contribution in [3.05, 3.63) is 22.4 Å². The van der Waals surface area contributed by atoms with E-state index in [0.29, 0.717) is 6.04 Å². The molecule has 1 aromatic rings. The lowest BCUT2D eigenvalue weighted by atomic mass is 9.77. The van der Waals surface area contributed by atoms with Crippen molar-refractivity contribution in [1.82, 2.24) is 10.2 Å². The zero-order valence-corrected chi connectivity index (χ0v) is 10.5. The van der Waals surface area contributed by atoms with Crippen LogP contribution in [0.2, 0.25) is 0 Å². The summed E-state index contributed by atoms with van der Waals surface area (Å²) < 4.78 is 0. The van der Waals surface area contributed by atoms with Gasteiger partial charge in [0, 0.05) is 32.2 Å². The molecule has 1 N–H and O–H groups in total. The van der Waals surface area contributed by atoms with Crippen molar-refractivity contribution < 1.29 is 0 Å². The Kier molecular flexibility index (Phi) is 3.27. The lowest BCUT2D eigenvalue weighted by Crippen LogP contribution is -2.47. The molecule has 16 heavy (non-hydrogen) atoms. The number of nitrogens with zero attached hydrogens (tertiary/aromatic N) is 1.